The minimum atomic E-state index is -4.62. The Bertz CT molecular complexity index is 499. The smallest absolute Gasteiger partial charge is 0.341 e. The van der Waals surface area contributed by atoms with Crippen LogP contribution in [0.3, 0.4) is 0 Å². The highest BCUT2D eigenvalue weighted by Crippen LogP contribution is 2.58. The van der Waals surface area contributed by atoms with Crippen LogP contribution in [-0.4, -0.2) is 31.4 Å². The zero-order valence-corrected chi connectivity index (χ0v) is 19.6. The molecule has 1 saturated carbocycles. The molecule has 0 N–H and O–H groups in total. The van der Waals surface area contributed by atoms with Crippen LogP contribution in [0.1, 0.15) is 92.4 Å². The summed E-state index contributed by atoms with van der Waals surface area (Å²) in [4.78, 5) is 0. The van der Waals surface area contributed by atoms with E-state index in [0.29, 0.717) is 12.3 Å². The van der Waals surface area contributed by atoms with Crippen molar-refractivity contribution in [1.82, 2.24) is 0 Å². The lowest BCUT2D eigenvalue weighted by atomic mass is 9.91. The summed E-state index contributed by atoms with van der Waals surface area (Å²) in [7, 11) is 0. The first-order valence-corrected chi connectivity index (χ1v) is 11.4. The van der Waals surface area contributed by atoms with Gasteiger partial charge in [0.25, 0.3) is 0 Å². The molecule has 0 radical (unpaired) electrons. The van der Waals surface area contributed by atoms with E-state index in [1.165, 1.54) is 26.2 Å². The summed E-state index contributed by atoms with van der Waals surface area (Å²) in [6, 6.07) is 0. The van der Waals surface area contributed by atoms with Crippen molar-refractivity contribution in [2.45, 2.75) is 111 Å². The monoisotopic (exact) mass is 462 g/mol. The van der Waals surface area contributed by atoms with Gasteiger partial charge >= 0.3 is 12.4 Å². The van der Waals surface area contributed by atoms with Crippen LogP contribution in [0.25, 0.3) is 0 Å². The molecule has 0 aromatic carbocycles. The maximum absolute atomic E-state index is 12.5. The van der Waals surface area contributed by atoms with Crippen molar-refractivity contribution in [2.75, 3.05) is 13.2 Å². The lowest BCUT2D eigenvalue weighted by Gasteiger charge is -2.31. The van der Waals surface area contributed by atoms with Gasteiger partial charge in [0.1, 0.15) is 13.2 Å². The largest absolute Gasteiger partial charge is 0.411 e. The van der Waals surface area contributed by atoms with Gasteiger partial charge in [0.15, 0.2) is 5.79 Å². The van der Waals surface area contributed by atoms with Gasteiger partial charge in [-0.25, -0.2) is 0 Å². The Labute approximate surface area is 183 Å². The molecule has 2 nitrogen and oxygen atoms in total. The van der Waals surface area contributed by atoms with Gasteiger partial charge in [-0.15, -0.1) is 0 Å². The standard InChI is InChI=1S/C23H40F6O2/c1-17(2)8-6-9-18(3)10-7-12-20(4)14-19(20)11-13-21(5,30-15-22(24,25)26)31-16-23(27,28)29/h17-19H,6-16H2,1-5H3. The Balaban J connectivity index is 2.42. The number of hydrogen-bond acceptors (Lipinski definition) is 2. The Kier molecular flexibility index (Phi) is 10.7. The number of hydrogen-bond donors (Lipinski definition) is 0. The van der Waals surface area contributed by atoms with Gasteiger partial charge in [-0.1, -0.05) is 59.8 Å². The van der Waals surface area contributed by atoms with Crippen LogP contribution in [0.4, 0.5) is 26.3 Å². The Morgan fingerprint density at radius 2 is 1.39 bits per heavy atom. The van der Waals surface area contributed by atoms with Gasteiger partial charge in [0, 0.05) is 6.42 Å². The van der Waals surface area contributed by atoms with E-state index in [9.17, 15) is 26.3 Å². The topological polar surface area (TPSA) is 18.5 Å². The van der Waals surface area contributed by atoms with Crippen molar-refractivity contribution in [1.29, 1.82) is 0 Å². The molecule has 8 heteroatoms. The van der Waals surface area contributed by atoms with E-state index >= 15 is 0 Å². The SMILES string of the molecule is CC(C)CCCC(C)CCCC1(C)CC1CCC(C)(OCC(F)(F)F)OCC(F)(F)F. The Morgan fingerprint density at radius 1 is 0.871 bits per heavy atom. The third kappa shape index (κ3) is 13.0. The summed E-state index contributed by atoms with van der Waals surface area (Å²) in [6.45, 7) is 6.80. The van der Waals surface area contributed by atoms with Crippen molar-refractivity contribution >= 4 is 0 Å². The van der Waals surface area contributed by atoms with Crippen molar-refractivity contribution < 1.29 is 35.8 Å². The van der Waals surface area contributed by atoms with E-state index < -0.39 is 31.4 Å². The molecule has 3 unspecified atom stereocenters. The summed E-state index contributed by atoms with van der Waals surface area (Å²) in [5, 5.41) is 0. The van der Waals surface area contributed by atoms with Crippen molar-refractivity contribution in [3.05, 3.63) is 0 Å². The number of ether oxygens (including phenoxy) is 2. The Morgan fingerprint density at radius 3 is 1.87 bits per heavy atom. The fraction of sp³-hybridized carbons (Fsp3) is 1.00. The second kappa shape index (κ2) is 11.6. The maximum atomic E-state index is 12.5. The molecule has 1 aliphatic carbocycles. The molecule has 1 fully saturated rings. The highest BCUT2D eigenvalue weighted by molar-refractivity contribution is 4.98. The van der Waals surface area contributed by atoms with E-state index in [2.05, 4.69) is 27.7 Å². The van der Waals surface area contributed by atoms with Gasteiger partial charge in [0.2, 0.25) is 0 Å². The van der Waals surface area contributed by atoms with Crippen molar-refractivity contribution in [3.8, 4) is 0 Å². The predicted octanol–water partition coefficient (Wildman–Crippen LogP) is 8.30. The molecular formula is C23H40F6O2. The van der Waals surface area contributed by atoms with Gasteiger partial charge in [-0.05, 0) is 49.4 Å². The summed E-state index contributed by atoms with van der Waals surface area (Å²) in [5.41, 5.74) is 0.118. The van der Waals surface area contributed by atoms with Crippen LogP contribution < -0.4 is 0 Å². The van der Waals surface area contributed by atoms with E-state index in [1.807, 2.05) is 0 Å². The molecule has 3 atom stereocenters. The van der Waals surface area contributed by atoms with Gasteiger partial charge in [0.05, 0.1) is 0 Å². The quantitative estimate of drug-likeness (QED) is 0.180. The number of rotatable bonds is 15. The van der Waals surface area contributed by atoms with Crippen LogP contribution in [0.5, 0.6) is 0 Å². The molecule has 0 amide bonds. The average Bonchev–Trinajstić information content (AvgIpc) is 3.25. The maximum Gasteiger partial charge on any atom is 0.411 e. The molecule has 0 aromatic rings. The molecule has 0 aromatic heterocycles. The zero-order chi connectivity index (χ0) is 23.9. The molecule has 0 saturated heterocycles. The minimum absolute atomic E-state index is 0.00498. The number of halogens is 6. The van der Waals surface area contributed by atoms with Crippen LogP contribution in [-0.2, 0) is 9.47 Å². The summed E-state index contributed by atoms with van der Waals surface area (Å²) in [6.07, 6.45) is -0.793. The highest BCUT2D eigenvalue weighted by atomic mass is 19.4. The van der Waals surface area contributed by atoms with Crippen LogP contribution in [0.2, 0.25) is 0 Å². The first-order chi connectivity index (χ1) is 14.0. The van der Waals surface area contributed by atoms with Crippen LogP contribution >= 0.6 is 0 Å². The molecule has 1 rings (SSSR count). The van der Waals surface area contributed by atoms with E-state index in [1.54, 1.807) is 0 Å². The van der Waals surface area contributed by atoms with Crippen molar-refractivity contribution in [2.24, 2.45) is 23.2 Å². The van der Waals surface area contributed by atoms with E-state index in [-0.39, 0.29) is 17.8 Å². The number of alkyl halides is 6. The van der Waals surface area contributed by atoms with Crippen molar-refractivity contribution in [3.63, 3.8) is 0 Å². The van der Waals surface area contributed by atoms with E-state index in [4.69, 9.17) is 9.47 Å². The molecule has 0 heterocycles. The lowest BCUT2D eigenvalue weighted by molar-refractivity contribution is -0.306. The highest BCUT2D eigenvalue weighted by Gasteiger charge is 2.49. The molecule has 31 heavy (non-hydrogen) atoms. The van der Waals surface area contributed by atoms with E-state index in [0.717, 1.165) is 31.6 Å². The molecular weight excluding hydrogens is 422 g/mol. The van der Waals surface area contributed by atoms with Gasteiger partial charge in [-0.3, -0.25) is 0 Å². The summed E-state index contributed by atoms with van der Waals surface area (Å²) >= 11 is 0. The molecule has 1 aliphatic rings. The Hall–Kier alpha value is -0.500. The minimum Gasteiger partial charge on any atom is -0.341 e. The predicted molar refractivity (Wildman–Crippen MR) is 110 cm³/mol. The molecule has 0 bridgehead atoms. The third-order valence-corrected chi connectivity index (χ3v) is 6.49. The first kappa shape index (κ1) is 28.5. The molecule has 0 spiro atoms. The van der Waals surface area contributed by atoms with Crippen LogP contribution in [0, 0.1) is 23.2 Å². The van der Waals surface area contributed by atoms with Gasteiger partial charge < -0.3 is 9.47 Å². The second-order valence-corrected chi connectivity index (χ2v) is 10.4. The first-order valence-electron chi connectivity index (χ1n) is 11.4. The van der Waals surface area contributed by atoms with Gasteiger partial charge in [-0.2, -0.15) is 26.3 Å². The lowest BCUT2D eigenvalue weighted by Crippen LogP contribution is -2.39. The molecule has 186 valence electrons. The fourth-order valence-electron chi connectivity index (χ4n) is 4.23. The average molecular weight is 463 g/mol. The molecule has 0 aliphatic heterocycles. The van der Waals surface area contributed by atoms with Crippen LogP contribution in [0.15, 0.2) is 0 Å². The zero-order valence-electron chi connectivity index (χ0n) is 19.6. The normalized spacial score (nSPS) is 23.4. The second-order valence-electron chi connectivity index (χ2n) is 10.4. The fourth-order valence-corrected chi connectivity index (χ4v) is 4.23. The summed E-state index contributed by atoms with van der Waals surface area (Å²) < 4.78 is 84.6. The summed E-state index contributed by atoms with van der Waals surface area (Å²) in [5.74, 6) is -0.218. The third-order valence-electron chi connectivity index (χ3n) is 6.49.